The maximum absolute atomic E-state index is 12.9. The molecule has 0 aliphatic rings. The molecule has 0 aliphatic carbocycles. The predicted octanol–water partition coefficient (Wildman–Crippen LogP) is 7.22. The second-order valence-electron chi connectivity index (χ2n) is 11.3. The smallest absolute Gasteiger partial charge is 0.410 e. The van der Waals surface area contributed by atoms with Gasteiger partial charge in [0, 0.05) is 30.2 Å². The Balaban J connectivity index is 1.71. The number of ether oxygens (including phenoxy) is 1. The number of nitrogens with one attached hydrogen (secondary N) is 2. The molecule has 0 radical (unpaired) electrons. The van der Waals surface area contributed by atoms with Gasteiger partial charge in [-0.15, -0.1) is 0 Å². The number of halogens is 1. The van der Waals surface area contributed by atoms with Crippen molar-refractivity contribution in [3.63, 3.8) is 0 Å². The summed E-state index contributed by atoms with van der Waals surface area (Å²) in [6.07, 6.45) is 12.6. The average Bonchev–Trinajstić information content (AvgIpc) is 2.99. The van der Waals surface area contributed by atoms with Crippen molar-refractivity contribution in [2.24, 2.45) is 5.73 Å². The summed E-state index contributed by atoms with van der Waals surface area (Å²) in [6.45, 7) is 2.71. The van der Waals surface area contributed by atoms with Gasteiger partial charge in [-0.05, 0) is 41.8 Å². The van der Waals surface area contributed by atoms with Crippen molar-refractivity contribution < 1.29 is 23.9 Å². The average molecular weight is 674 g/mol. The molecule has 0 bridgehead atoms. The van der Waals surface area contributed by atoms with E-state index in [0.29, 0.717) is 18.7 Å². The Labute approximate surface area is 270 Å². The van der Waals surface area contributed by atoms with E-state index >= 15 is 0 Å². The van der Waals surface area contributed by atoms with E-state index in [0.717, 1.165) is 34.9 Å². The maximum atomic E-state index is 12.9. The number of amides is 4. The molecule has 242 valence electrons. The van der Waals surface area contributed by atoms with Crippen molar-refractivity contribution in [3.05, 3.63) is 64.1 Å². The van der Waals surface area contributed by atoms with Crippen LogP contribution in [0.2, 0.25) is 0 Å². The molecule has 0 fully saturated rings. The van der Waals surface area contributed by atoms with Gasteiger partial charge < -0.3 is 26.0 Å². The highest BCUT2D eigenvalue weighted by Gasteiger charge is 2.23. The predicted molar refractivity (Wildman–Crippen MR) is 178 cm³/mol. The first kappa shape index (κ1) is 36.8. The van der Waals surface area contributed by atoms with Gasteiger partial charge in [-0.2, -0.15) is 0 Å². The molecule has 2 aromatic rings. The van der Waals surface area contributed by atoms with Crippen LogP contribution in [0, 0.1) is 0 Å². The number of hydrogen-bond donors (Lipinski definition) is 3. The lowest BCUT2D eigenvalue weighted by atomic mass is 10.0. The zero-order valence-electron chi connectivity index (χ0n) is 26.2. The fraction of sp³-hybridized carbons (Fsp3) is 0.529. The normalized spacial score (nSPS) is 11.4. The lowest BCUT2D eigenvalue weighted by molar-refractivity contribution is -0.128. The molecule has 0 heterocycles. The van der Waals surface area contributed by atoms with Crippen LogP contribution in [0.15, 0.2) is 53.0 Å². The summed E-state index contributed by atoms with van der Waals surface area (Å²) in [5.41, 5.74) is 7.54. The molecule has 2 aromatic carbocycles. The van der Waals surface area contributed by atoms with Crippen LogP contribution < -0.4 is 16.4 Å². The number of carbonyl (C=O) groups is 4. The Kier molecular flexibility index (Phi) is 17.8. The molecule has 0 saturated carbocycles. The largest absolute Gasteiger partial charge is 0.445 e. The van der Waals surface area contributed by atoms with Crippen LogP contribution in [0.4, 0.5) is 10.5 Å². The third-order valence-electron chi connectivity index (χ3n) is 7.29. The minimum Gasteiger partial charge on any atom is -0.445 e. The van der Waals surface area contributed by atoms with Crippen LogP contribution >= 0.6 is 15.9 Å². The molecule has 4 amide bonds. The van der Waals surface area contributed by atoms with Crippen molar-refractivity contribution in [1.82, 2.24) is 10.2 Å². The van der Waals surface area contributed by atoms with E-state index in [1.54, 1.807) is 31.3 Å². The lowest BCUT2D eigenvalue weighted by Gasteiger charge is -2.18. The Hall–Kier alpha value is -3.40. The first-order valence-electron chi connectivity index (χ1n) is 15.8. The Morgan fingerprint density at radius 1 is 0.818 bits per heavy atom. The third kappa shape index (κ3) is 15.9. The highest BCUT2D eigenvalue weighted by Crippen LogP contribution is 2.15. The Morgan fingerprint density at radius 2 is 1.36 bits per heavy atom. The molecule has 10 heteroatoms. The van der Waals surface area contributed by atoms with Crippen LogP contribution in [0.25, 0.3) is 0 Å². The molecule has 0 spiro atoms. The van der Waals surface area contributed by atoms with Crippen molar-refractivity contribution in [3.8, 4) is 0 Å². The van der Waals surface area contributed by atoms with E-state index in [1.807, 2.05) is 24.3 Å². The maximum Gasteiger partial charge on any atom is 0.410 e. The molecule has 9 nitrogen and oxygen atoms in total. The zero-order valence-corrected chi connectivity index (χ0v) is 27.8. The first-order valence-corrected chi connectivity index (χ1v) is 16.6. The topological polar surface area (TPSA) is 131 Å². The summed E-state index contributed by atoms with van der Waals surface area (Å²) in [7, 11) is 1.67. The van der Waals surface area contributed by atoms with Gasteiger partial charge in [0.05, 0.1) is 6.42 Å². The summed E-state index contributed by atoms with van der Waals surface area (Å²) in [4.78, 5) is 50.8. The second-order valence-corrected chi connectivity index (χ2v) is 12.2. The van der Waals surface area contributed by atoms with Crippen LogP contribution in [0.3, 0.4) is 0 Å². The Morgan fingerprint density at radius 3 is 1.93 bits per heavy atom. The van der Waals surface area contributed by atoms with Crippen LogP contribution in [0.5, 0.6) is 0 Å². The molecule has 1 atom stereocenters. The van der Waals surface area contributed by atoms with Gasteiger partial charge in [0.25, 0.3) is 0 Å². The number of nitrogens with two attached hydrogens (primary N) is 1. The summed E-state index contributed by atoms with van der Waals surface area (Å²) in [5, 5.41) is 5.39. The van der Waals surface area contributed by atoms with Gasteiger partial charge in [-0.3, -0.25) is 14.4 Å². The van der Waals surface area contributed by atoms with E-state index < -0.39 is 23.9 Å². The molecular weight excluding hydrogens is 624 g/mol. The molecular formula is C34H49BrN4O5. The van der Waals surface area contributed by atoms with Gasteiger partial charge in [-0.25, -0.2) is 4.79 Å². The highest BCUT2D eigenvalue weighted by molar-refractivity contribution is 9.10. The summed E-state index contributed by atoms with van der Waals surface area (Å²) < 4.78 is 6.37. The number of carbonyl (C=O) groups excluding carboxylic acids is 4. The fourth-order valence-electron chi connectivity index (χ4n) is 4.72. The number of hydrogen-bond acceptors (Lipinski definition) is 5. The summed E-state index contributed by atoms with van der Waals surface area (Å²) in [6, 6.07) is 13.4. The van der Waals surface area contributed by atoms with Crippen molar-refractivity contribution in [2.75, 3.05) is 12.4 Å². The molecule has 0 aromatic heterocycles. The number of rotatable bonds is 21. The van der Waals surface area contributed by atoms with Crippen molar-refractivity contribution in [1.29, 1.82) is 0 Å². The molecule has 1 unspecified atom stereocenters. The third-order valence-corrected chi connectivity index (χ3v) is 7.82. The number of nitrogens with zero attached hydrogens (tertiary/aromatic N) is 1. The van der Waals surface area contributed by atoms with E-state index in [9.17, 15) is 19.2 Å². The molecule has 0 aliphatic heterocycles. The van der Waals surface area contributed by atoms with Gasteiger partial charge in [0.1, 0.15) is 12.6 Å². The monoisotopic (exact) mass is 672 g/mol. The molecule has 2 rings (SSSR count). The minimum atomic E-state index is -1.06. The van der Waals surface area contributed by atoms with E-state index in [-0.39, 0.29) is 18.9 Å². The van der Waals surface area contributed by atoms with E-state index in [1.165, 1.54) is 56.3 Å². The van der Waals surface area contributed by atoms with Gasteiger partial charge in [-0.1, -0.05) is 111 Å². The van der Waals surface area contributed by atoms with Gasteiger partial charge >= 0.3 is 6.09 Å². The Bertz CT molecular complexity index is 1160. The SMILES string of the molecule is CCCCCCCCCCCCCC(=O)NC(CC(N)=O)C(=O)Nc1ccc(COC(=O)N(C)Cc2ccc(Br)cc2)cc1. The molecule has 4 N–H and O–H groups in total. The van der Waals surface area contributed by atoms with E-state index in [2.05, 4.69) is 33.5 Å². The number of unbranched alkanes of at least 4 members (excludes halogenated alkanes) is 10. The lowest BCUT2D eigenvalue weighted by Crippen LogP contribution is -2.46. The summed E-state index contributed by atoms with van der Waals surface area (Å²) in [5.74, 6) is -1.48. The quantitative estimate of drug-likeness (QED) is 0.121. The molecule has 0 saturated heterocycles. The molecule has 44 heavy (non-hydrogen) atoms. The van der Waals surface area contributed by atoms with E-state index in [4.69, 9.17) is 10.5 Å². The van der Waals surface area contributed by atoms with Gasteiger partial charge in [0.2, 0.25) is 17.7 Å². The van der Waals surface area contributed by atoms with Crippen molar-refractivity contribution >= 4 is 45.4 Å². The highest BCUT2D eigenvalue weighted by atomic mass is 79.9. The zero-order chi connectivity index (χ0) is 32.2. The number of anilines is 1. The minimum absolute atomic E-state index is 0.0666. The fourth-order valence-corrected chi connectivity index (χ4v) is 4.99. The van der Waals surface area contributed by atoms with Crippen LogP contribution in [-0.2, 0) is 32.3 Å². The number of primary amides is 1. The summed E-state index contributed by atoms with van der Waals surface area (Å²) >= 11 is 3.39. The second kappa shape index (κ2) is 21.3. The standard InChI is InChI=1S/C34H49BrN4O5/c1-3-4-5-6-7-8-9-10-11-12-13-14-32(41)38-30(23-31(36)40)33(42)37-29-21-17-27(18-22-29)25-44-34(43)39(2)24-26-15-19-28(35)20-16-26/h15-22,30H,3-14,23-25H2,1-2H3,(H2,36,40)(H,37,42)(H,38,41). The van der Waals surface area contributed by atoms with Crippen LogP contribution in [0.1, 0.15) is 102 Å². The van der Waals surface area contributed by atoms with Crippen molar-refractivity contribution in [2.45, 2.75) is 110 Å². The first-order chi connectivity index (χ1) is 21.2. The van der Waals surface area contributed by atoms with Crippen LogP contribution in [-0.4, -0.2) is 41.8 Å². The number of benzene rings is 2. The van der Waals surface area contributed by atoms with Gasteiger partial charge in [0.15, 0.2) is 0 Å².